The number of rotatable bonds is 4. The summed E-state index contributed by atoms with van der Waals surface area (Å²) in [5, 5.41) is 20.1. The number of aliphatic carboxylic acids is 1. The number of carboxylic acids is 1. The molecule has 0 aliphatic carbocycles. The first-order valence-electron chi connectivity index (χ1n) is 4.09. The third-order valence-electron chi connectivity index (χ3n) is 1.70. The van der Waals surface area contributed by atoms with E-state index in [0.29, 0.717) is 0 Å². The maximum Gasteiger partial charge on any atom is 0.322 e. The fraction of sp³-hybridized carbons (Fsp3) is 0.111. The third-order valence-corrected chi connectivity index (χ3v) is 1.70. The second-order valence-electron chi connectivity index (χ2n) is 2.84. The number of hydrogen-bond donors (Lipinski definition) is 4. The molecule has 1 rings (SSSR count). The molecule has 15 heavy (non-hydrogen) atoms. The summed E-state index contributed by atoms with van der Waals surface area (Å²) in [4.78, 5) is 21.2. The number of hydrogen-bond acceptors (Lipinski definition) is 4. The predicted molar refractivity (Wildman–Crippen MR) is 52.8 cm³/mol. The number of benzene rings is 1. The van der Waals surface area contributed by atoms with Crippen LogP contribution in [0.5, 0.6) is 5.75 Å². The normalized spacial score (nSPS) is 9.60. The van der Waals surface area contributed by atoms with Gasteiger partial charge >= 0.3 is 5.97 Å². The molecule has 0 bridgehead atoms. The quantitative estimate of drug-likeness (QED) is 0.522. The Morgan fingerprint density at radius 1 is 1.40 bits per heavy atom. The summed E-state index contributed by atoms with van der Waals surface area (Å²) in [7, 11) is 0. The summed E-state index contributed by atoms with van der Waals surface area (Å²) < 4.78 is 0. The number of amides is 1. The highest BCUT2D eigenvalue weighted by Crippen LogP contribution is 2.20. The Kier molecular flexibility index (Phi) is 3.12. The van der Waals surface area contributed by atoms with Crippen LogP contribution >= 0.6 is 0 Å². The van der Waals surface area contributed by atoms with Crippen molar-refractivity contribution in [3.63, 3.8) is 0 Å². The van der Waals surface area contributed by atoms with E-state index in [1.165, 1.54) is 18.2 Å². The molecule has 80 valence electrons. The molecular formula is C9H10N2O4. The Bertz CT molecular complexity index is 403. The van der Waals surface area contributed by atoms with Gasteiger partial charge in [0.1, 0.15) is 12.3 Å². The van der Waals surface area contributed by atoms with Crippen molar-refractivity contribution < 1.29 is 19.8 Å². The molecule has 0 fully saturated rings. The van der Waals surface area contributed by atoms with Gasteiger partial charge in [0.15, 0.2) is 0 Å². The lowest BCUT2D eigenvalue weighted by atomic mass is 10.1. The molecule has 1 amide bonds. The van der Waals surface area contributed by atoms with Crippen LogP contribution in [0, 0.1) is 0 Å². The third kappa shape index (κ3) is 2.87. The van der Waals surface area contributed by atoms with E-state index in [1.54, 1.807) is 0 Å². The van der Waals surface area contributed by atoms with Crippen LogP contribution in [0.1, 0.15) is 10.4 Å². The average Bonchev–Trinajstić information content (AvgIpc) is 2.15. The minimum Gasteiger partial charge on any atom is -0.508 e. The number of carbonyl (C=O) groups excluding carboxylic acids is 1. The Hall–Kier alpha value is -2.24. The van der Waals surface area contributed by atoms with Gasteiger partial charge in [0.2, 0.25) is 0 Å². The molecule has 0 atom stereocenters. The topological polar surface area (TPSA) is 113 Å². The highest BCUT2D eigenvalue weighted by molar-refractivity contribution is 5.99. The SMILES string of the molecule is NC(=O)c1cc(O)ccc1NCC(=O)O. The standard InChI is InChI=1S/C9H10N2O4/c10-9(15)6-3-5(12)1-2-7(6)11-4-8(13)14/h1-3,11-12H,4H2,(H2,10,15)(H,13,14). The molecule has 0 aromatic heterocycles. The van der Waals surface area contributed by atoms with Gasteiger partial charge in [-0.2, -0.15) is 0 Å². The van der Waals surface area contributed by atoms with Gasteiger partial charge in [0.25, 0.3) is 5.91 Å². The molecule has 6 nitrogen and oxygen atoms in total. The second-order valence-corrected chi connectivity index (χ2v) is 2.84. The summed E-state index contributed by atoms with van der Waals surface area (Å²) in [5.41, 5.74) is 5.38. The van der Waals surface area contributed by atoms with Gasteiger partial charge in [0, 0.05) is 5.69 Å². The molecule has 0 aliphatic rings. The van der Waals surface area contributed by atoms with E-state index in [1.807, 2.05) is 0 Å². The zero-order chi connectivity index (χ0) is 11.4. The highest BCUT2D eigenvalue weighted by Gasteiger charge is 2.09. The van der Waals surface area contributed by atoms with E-state index in [9.17, 15) is 9.59 Å². The maximum absolute atomic E-state index is 10.9. The van der Waals surface area contributed by atoms with Crippen molar-refractivity contribution in [1.29, 1.82) is 0 Å². The van der Waals surface area contributed by atoms with E-state index >= 15 is 0 Å². The van der Waals surface area contributed by atoms with Crippen molar-refractivity contribution in [2.45, 2.75) is 0 Å². The van der Waals surface area contributed by atoms with Crippen molar-refractivity contribution in [1.82, 2.24) is 0 Å². The molecule has 0 heterocycles. The number of primary amides is 1. The van der Waals surface area contributed by atoms with Crippen LogP contribution in [0.25, 0.3) is 0 Å². The summed E-state index contributed by atoms with van der Waals surface area (Å²) >= 11 is 0. The molecule has 1 aromatic carbocycles. The molecule has 5 N–H and O–H groups in total. The van der Waals surface area contributed by atoms with E-state index in [0.717, 1.165) is 0 Å². The predicted octanol–water partition coefficient (Wildman–Crippen LogP) is -0.0124. The number of carboxylic acid groups (broad SMARTS) is 1. The van der Waals surface area contributed by atoms with Crippen LogP contribution < -0.4 is 11.1 Å². The molecule has 6 heteroatoms. The first-order valence-corrected chi connectivity index (χ1v) is 4.09. The number of nitrogens with two attached hydrogens (primary N) is 1. The number of aromatic hydroxyl groups is 1. The first-order chi connectivity index (χ1) is 7.00. The first kappa shape index (κ1) is 10.8. The summed E-state index contributed by atoms with van der Waals surface area (Å²) in [6, 6.07) is 3.89. The highest BCUT2D eigenvalue weighted by atomic mass is 16.4. The van der Waals surface area contributed by atoms with Gasteiger partial charge in [-0.25, -0.2) is 0 Å². The molecule has 0 saturated carbocycles. The molecule has 0 unspecified atom stereocenters. The summed E-state index contributed by atoms with van der Waals surface area (Å²) in [5.74, 6) is -1.90. The van der Waals surface area contributed by atoms with Crippen molar-refractivity contribution >= 4 is 17.6 Å². The van der Waals surface area contributed by atoms with Gasteiger partial charge in [-0.05, 0) is 18.2 Å². The fourth-order valence-corrected chi connectivity index (χ4v) is 1.06. The lowest BCUT2D eigenvalue weighted by Gasteiger charge is -2.08. The van der Waals surface area contributed by atoms with Crippen LogP contribution in [0.3, 0.4) is 0 Å². The Labute approximate surface area is 85.3 Å². The summed E-state index contributed by atoms with van der Waals surface area (Å²) in [6.07, 6.45) is 0. The largest absolute Gasteiger partial charge is 0.508 e. The maximum atomic E-state index is 10.9. The van der Waals surface area contributed by atoms with Gasteiger partial charge in [-0.15, -0.1) is 0 Å². The molecule has 0 aliphatic heterocycles. The van der Waals surface area contributed by atoms with E-state index in [4.69, 9.17) is 15.9 Å². The Balaban J connectivity index is 2.95. The molecule has 0 saturated heterocycles. The van der Waals surface area contributed by atoms with Gasteiger partial charge in [-0.1, -0.05) is 0 Å². The number of nitrogens with one attached hydrogen (secondary N) is 1. The summed E-state index contributed by atoms with van der Waals surface area (Å²) in [6.45, 7) is -0.328. The molecule has 0 spiro atoms. The molecule has 0 radical (unpaired) electrons. The van der Waals surface area contributed by atoms with E-state index in [2.05, 4.69) is 5.32 Å². The van der Waals surface area contributed by atoms with Crippen molar-refractivity contribution in [2.75, 3.05) is 11.9 Å². The number of carbonyl (C=O) groups is 2. The van der Waals surface area contributed by atoms with Crippen LogP contribution in [0.2, 0.25) is 0 Å². The lowest BCUT2D eigenvalue weighted by molar-refractivity contribution is -0.134. The van der Waals surface area contributed by atoms with Crippen LogP contribution in [-0.2, 0) is 4.79 Å². The molecule has 1 aromatic rings. The van der Waals surface area contributed by atoms with Gasteiger partial charge in [0.05, 0.1) is 5.56 Å². The molecular weight excluding hydrogens is 200 g/mol. The van der Waals surface area contributed by atoms with Crippen LogP contribution in [0.15, 0.2) is 18.2 Å². The number of anilines is 1. The average molecular weight is 210 g/mol. The zero-order valence-corrected chi connectivity index (χ0v) is 7.73. The lowest BCUT2D eigenvalue weighted by Crippen LogP contribution is -2.17. The van der Waals surface area contributed by atoms with Crippen molar-refractivity contribution in [3.8, 4) is 5.75 Å². The number of phenolic OH excluding ortho intramolecular Hbond substituents is 1. The monoisotopic (exact) mass is 210 g/mol. The van der Waals surface area contributed by atoms with E-state index < -0.39 is 11.9 Å². The minimum atomic E-state index is -1.06. The van der Waals surface area contributed by atoms with E-state index in [-0.39, 0.29) is 23.5 Å². The van der Waals surface area contributed by atoms with Crippen LogP contribution in [0.4, 0.5) is 5.69 Å². The zero-order valence-electron chi connectivity index (χ0n) is 7.73. The fourth-order valence-electron chi connectivity index (χ4n) is 1.06. The number of phenols is 1. The van der Waals surface area contributed by atoms with Crippen molar-refractivity contribution in [3.05, 3.63) is 23.8 Å². The van der Waals surface area contributed by atoms with Crippen molar-refractivity contribution in [2.24, 2.45) is 5.73 Å². The Morgan fingerprint density at radius 3 is 2.60 bits per heavy atom. The second kappa shape index (κ2) is 4.32. The smallest absolute Gasteiger partial charge is 0.322 e. The van der Waals surface area contributed by atoms with Gasteiger partial charge < -0.3 is 21.3 Å². The minimum absolute atomic E-state index is 0.0521. The van der Waals surface area contributed by atoms with Crippen LogP contribution in [-0.4, -0.2) is 28.6 Å². The Morgan fingerprint density at radius 2 is 2.07 bits per heavy atom. The van der Waals surface area contributed by atoms with Gasteiger partial charge in [-0.3, -0.25) is 9.59 Å².